The number of hydrogen-bond acceptors (Lipinski definition) is 4. The first kappa shape index (κ1) is 11.5. The maximum atomic E-state index is 11.8. The standard InChI is InChI=1S/C10H16N4O/c11-6-3-7-14(13)10(15)8-4-1-2-5-9(8)12/h1-2,4-5H,3,6-7,11-13H2. The van der Waals surface area contributed by atoms with E-state index in [0.29, 0.717) is 30.8 Å². The molecule has 82 valence electrons. The van der Waals surface area contributed by atoms with E-state index < -0.39 is 0 Å². The summed E-state index contributed by atoms with van der Waals surface area (Å²) in [5.41, 5.74) is 11.9. The van der Waals surface area contributed by atoms with Crippen molar-refractivity contribution in [2.45, 2.75) is 6.42 Å². The highest BCUT2D eigenvalue weighted by atomic mass is 16.2. The molecule has 1 amide bonds. The van der Waals surface area contributed by atoms with Crippen molar-refractivity contribution in [3.8, 4) is 0 Å². The number of hydrogen-bond donors (Lipinski definition) is 3. The highest BCUT2D eigenvalue weighted by Crippen LogP contribution is 2.11. The molecule has 0 fully saturated rings. The summed E-state index contributed by atoms with van der Waals surface area (Å²) in [7, 11) is 0. The number of nitrogens with two attached hydrogens (primary N) is 3. The number of amides is 1. The fourth-order valence-corrected chi connectivity index (χ4v) is 1.21. The van der Waals surface area contributed by atoms with E-state index in [4.69, 9.17) is 17.3 Å². The largest absolute Gasteiger partial charge is 0.398 e. The predicted molar refractivity (Wildman–Crippen MR) is 59.7 cm³/mol. The Hall–Kier alpha value is -1.59. The van der Waals surface area contributed by atoms with Crippen LogP contribution in [0.1, 0.15) is 16.8 Å². The topological polar surface area (TPSA) is 98.4 Å². The summed E-state index contributed by atoms with van der Waals surface area (Å²) in [4.78, 5) is 11.8. The smallest absolute Gasteiger partial charge is 0.269 e. The molecule has 0 aromatic heterocycles. The zero-order valence-corrected chi connectivity index (χ0v) is 8.52. The average molecular weight is 208 g/mol. The van der Waals surface area contributed by atoms with Gasteiger partial charge in [-0.15, -0.1) is 0 Å². The van der Waals surface area contributed by atoms with Crippen LogP contribution in [0, 0.1) is 0 Å². The number of carbonyl (C=O) groups excluding carboxylic acids is 1. The minimum absolute atomic E-state index is 0.276. The van der Waals surface area contributed by atoms with Crippen molar-refractivity contribution in [2.75, 3.05) is 18.8 Å². The maximum Gasteiger partial charge on any atom is 0.269 e. The third-order valence-electron chi connectivity index (χ3n) is 2.06. The second kappa shape index (κ2) is 5.33. The third-order valence-corrected chi connectivity index (χ3v) is 2.06. The van der Waals surface area contributed by atoms with Crippen LogP contribution in [0.5, 0.6) is 0 Å². The molecule has 0 spiro atoms. The second-order valence-electron chi connectivity index (χ2n) is 3.23. The highest BCUT2D eigenvalue weighted by molar-refractivity contribution is 5.98. The number of rotatable bonds is 4. The normalized spacial score (nSPS) is 10.0. The molecule has 1 rings (SSSR count). The molecule has 0 aliphatic heterocycles. The molecule has 0 aliphatic carbocycles. The van der Waals surface area contributed by atoms with E-state index in [1.165, 1.54) is 0 Å². The highest BCUT2D eigenvalue weighted by Gasteiger charge is 2.13. The van der Waals surface area contributed by atoms with Gasteiger partial charge in [0, 0.05) is 12.2 Å². The fraction of sp³-hybridized carbons (Fsp3) is 0.300. The number of anilines is 1. The van der Waals surface area contributed by atoms with Gasteiger partial charge in [-0.2, -0.15) is 0 Å². The van der Waals surface area contributed by atoms with Crippen LogP contribution in [0.15, 0.2) is 24.3 Å². The molecule has 5 nitrogen and oxygen atoms in total. The fourth-order valence-electron chi connectivity index (χ4n) is 1.21. The van der Waals surface area contributed by atoms with Crippen LogP contribution in [-0.4, -0.2) is 24.0 Å². The van der Waals surface area contributed by atoms with E-state index >= 15 is 0 Å². The van der Waals surface area contributed by atoms with Crippen LogP contribution >= 0.6 is 0 Å². The minimum Gasteiger partial charge on any atom is -0.398 e. The van der Waals surface area contributed by atoms with Gasteiger partial charge in [0.2, 0.25) is 0 Å². The predicted octanol–water partition coefficient (Wildman–Crippen LogP) is -0.0665. The summed E-state index contributed by atoms with van der Waals surface area (Å²) >= 11 is 0. The molecule has 0 unspecified atom stereocenters. The molecule has 0 bridgehead atoms. The molecule has 0 radical (unpaired) electrons. The van der Waals surface area contributed by atoms with E-state index in [1.54, 1.807) is 24.3 Å². The average Bonchev–Trinajstić information content (AvgIpc) is 2.25. The summed E-state index contributed by atoms with van der Waals surface area (Å²) < 4.78 is 0. The molecule has 1 aromatic carbocycles. The summed E-state index contributed by atoms with van der Waals surface area (Å²) in [6.07, 6.45) is 0.676. The zero-order chi connectivity index (χ0) is 11.3. The Morgan fingerprint density at radius 1 is 1.33 bits per heavy atom. The van der Waals surface area contributed by atoms with E-state index in [2.05, 4.69) is 0 Å². The van der Waals surface area contributed by atoms with Crippen molar-refractivity contribution in [3.63, 3.8) is 0 Å². The Morgan fingerprint density at radius 2 is 2.00 bits per heavy atom. The molecular weight excluding hydrogens is 192 g/mol. The Kier molecular flexibility index (Phi) is 4.08. The number of benzene rings is 1. The summed E-state index contributed by atoms with van der Waals surface area (Å²) in [6.45, 7) is 0.939. The third kappa shape index (κ3) is 2.93. The van der Waals surface area contributed by atoms with Gasteiger partial charge < -0.3 is 11.5 Å². The SMILES string of the molecule is NCCCN(N)C(=O)c1ccccc1N. The molecule has 1 aromatic rings. The van der Waals surface area contributed by atoms with Gasteiger partial charge in [0.05, 0.1) is 5.56 Å². The van der Waals surface area contributed by atoms with Crippen LogP contribution in [0.2, 0.25) is 0 Å². The Labute approximate surface area is 88.8 Å². The maximum absolute atomic E-state index is 11.8. The zero-order valence-electron chi connectivity index (χ0n) is 8.52. The van der Waals surface area contributed by atoms with Crippen LogP contribution in [-0.2, 0) is 0 Å². The summed E-state index contributed by atoms with van der Waals surface area (Å²) in [5, 5.41) is 1.14. The van der Waals surface area contributed by atoms with Gasteiger partial charge in [-0.05, 0) is 25.1 Å². The number of nitrogens with zero attached hydrogens (tertiary/aromatic N) is 1. The lowest BCUT2D eigenvalue weighted by Crippen LogP contribution is -2.39. The molecule has 6 N–H and O–H groups in total. The van der Waals surface area contributed by atoms with Crippen LogP contribution < -0.4 is 17.3 Å². The lowest BCUT2D eigenvalue weighted by atomic mass is 10.1. The van der Waals surface area contributed by atoms with Crippen molar-refractivity contribution in [3.05, 3.63) is 29.8 Å². The van der Waals surface area contributed by atoms with Gasteiger partial charge in [-0.3, -0.25) is 9.80 Å². The van der Waals surface area contributed by atoms with Crippen molar-refractivity contribution in [1.82, 2.24) is 5.01 Å². The van der Waals surface area contributed by atoms with E-state index in [0.717, 1.165) is 5.01 Å². The molecule has 0 atom stereocenters. The van der Waals surface area contributed by atoms with Crippen molar-refractivity contribution < 1.29 is 4.79 Å². The summed E-state index contributed by atoms with van der Waals surface area (Å²) in [6, 6.07) is 6.84. The van der Waals surface area contributed by atoms with Gasteiger partial charge in [0.15, 0.2) is 0 Å². The van der Waals surface area contributed by atoms with E-state index in [9.17, 15) is 4.79 Å². The quantitative estimate of drug-likeness (QED) is 0.279. The minimum atomic E-state index is -0.276. The van der Waals surface area contributed by atoms with Crippen LogP contribution in [0.3, 0.4) is 0 Å². The van der Waals surface area contributed by atoms with Crippen molar-refractivity contribution in [1.29, 1.82) is 0 Å². The Bertz CT molecular complexity index is 340. The van der Waals surface area contributed by atoms with Crippen LogP contribution in [0.4, 0.5) is 5.69 Å². The molecule has 0 saturated carbocycles. The molecular formula is C10H16N4O. The molecule has 0 heterocycles. The molecule has 0 aliphatic rings. The van der Waals surface area contributed by atoms with Crippen LogP contribution in [0.25, 0.3) is 0 Å². The van der Waals surface area contributed by atoms with Crippen molar-refractivity contribution >= 4 is 11.6 Å². The van der Waals surface area contributed by atoms with Gasteiger partial charge >= 0.3 is 0 Å². The van der Waals surface area contributed by atoms with E-state index in [1.807, 2.05) is 0 Å². The monoisotopic (exact) mass is 208 g/mol. The van der Waals surface area contributed by atoms with Gasteiger partial charge in [0.1, 0.15) is 0 Å². The summed E-state index contributed by atoms with van der Waals surface area (Å²) in [5.74, 6) is 5.30. The number of para-hydroxylation sites is 1. The van der Waals surface area contributed by atoms with Crippen molar-refractivity contribution in [2.24, 2.45) is 11.6 Å². The second-order valence-corrected chi connectivity index (χ2v) is 3.23. The number of hydrazine groups is 1. The van der Waals surface area contributed by atoms with E-state index in [-0.39, 0.29) is 5.91 Å². The number of nitrogen functional groups attached to an aromatic ring is 1. The first-order valence-corrected chi connectivity index (χ1v) is 4.78. The molecule has 5 heteroatoms. The number of carbonyl (C=O) groups is 1. The Morgan fingerprint density at radius 3 is 2.60 bits per heavy atom. The first-order valence-electron chi connectivity index (χ1n) is 4.78. The lowest BCUT2D eigenvalue weighted by Gasteiger charge is -2.16. The Balaban J connectivity index is 2.72. The lowest BCUT2D eigenvalue weighted by molar-refractivity contribution is 0.0755. The van der Waals surface area contributed by atoms with Gasteiger partial charge in [-0.25, -0.2) is 5.84 Å². The van der Waals surface area contributed by atoms with Gasteiger partial charge in [0.25, 0.3) is 5.91 Å². The molecule has 0 saturated heterocycles. The molecule has 15 heavy (non-hydrogen) atoms. The van der Waals surface area contributed by atoms with Gasteiger partial charge in [-0.1, -0.05) is 12.1 Å². The first-order chi connectivity index (χ1) is 7.16.